The second-order valence-corrected chi connectivity index (χ2v) is 8.44. The molecular weight excluding hydrogens is 344 g/mol. The lowest BCUT2D eigenvalue weighted by atomic mass is 9.93. The molecule has 1 N–H and O–H groups in total. The quantitative estimate of drug-likeness (QED) is 0.846. The van der Waals surface area contributed by atoms with Crippen LogP contribution in [0.2, 0.25) is 0 Å². The molecule has 0 fully saturated rings. The number of rotatable bonds is 3. The summed E-state index contributed by atoms with van der Waals surface area (Å²) in [7, 11) is -3.29. The largest absolute Gasteiger partial charge is 0.284 e. The van der Waals surface area contributed by atoms with Crippen LogP contribution in [0.1, 0.15) is 23.1 Å². The normalized spacial score (nSPS) is 17.8. The molecule has 132 valence electrons. The second kappa shape index (κ2) is 6.57. The minimum absolute atomic E-state index is 0.579. The Morgan fingerprint density at radius 2 is 1.96 bits per heavy atom. The lowest BCUT2D eigenvalue weighted by molar-refractivity contribution is -0.451. The molecule has 0 aliphatic carbocycles. The minimum atomic E-state index is -3.29. The van der Waals surface area contributed by atoms with Crippen molar-refractivity contribution < 1.29 is 13.0 Å². The van der Waals surface area contributed by atoms with Gasteiger partial charge in [-0.3, -0.25) is 4.72 Å². The molecule has 0 saturated heterocycles. The highest BCUT2D eigenvalue weighted by Gasteiger charge is 2.27. The molecule has 2 aliphatic rings. The predicted molar refractivity (Wildman–Crippen MR) is 107 cm³/mol. The van der Waals surface area contributed by atoms with E-state index in [1.807, 2.05) is 18.2 Å². The Hall–Kier alpha value is -2.66. The van der Waals surface area contributed by atoms with Crippen molar-refractivity contribution >= 4 is 33.1 Å². The average Bonchev–Trinajstić information content (AvgIpc) is 3.00. The number of hydrogen-bond acceptors (Lipinski definition) is 2. The van der Waals surface area contributed by atoms with E-state index in [0.717, 1.165) is 31.2 Å². The Labute approximate surface area is 154 Å². The smallest absolute Gasteiger partial charge is 0.229 e. The zero-order valence-corrected chi connectivity index (χ0v) is 15.5. The van der Waals surface area contributed by atoms with Gasteiger partial charge < -0.3 is 0 Å². The van der Waals surface area contributed by atoms with Crippen LogP contribution in [0.5, 0.6) is 0 Å². The maximum absolute atomic E-state index is 11.5. The molecule has 5 heteroatoms. The third-order valence-electron chi connectivity index (χ3n) is 4.68. The van der Waals surface area contributed by atoms with Crippen LogP contribution in [0, 0.1) is 0 Å². The molecule has 4 nitrogen and oxygen atoms in total. The van der Waals surface area contributed by atoms with E-state index in [1.165, 1.54) is 22.4 Å². The summed E-state index contributed by atoms with van der Waals surface area (Å²) in [5.74, 6) is 0. The monoisotopic (exact) mass is 365 g/mol. The Kier molecular flexibility index (Phi) is 4.24. The molecule has 0 aromatic heterocycles. The Bertz CT molecular complexity index is 1060. The molecule has 0 radical (unpaired) electrons. The SMILES string of the molecule is CS(=O)(=O)Nc1cccc(/C=C2\C3=[N+](C=CC3)CCc3ccccc32)c1. The lowest BCUT2D eigenvalue weighted by Crippen LogP contribution is -2.13. The number of allylic oxidation sites excluding steroid dienone is 2. The molecule has 2 aromatic carbocycles. The van der Waals surface area contributed by atoms with Crippen molar-refractivity contribution in [3.8, 4) is 0 Å². The summed E-state index contributed by atoms with van der Waals surface area (Å²) >= 11 is 0. The van der Waals surface area contributed by atoms with Gasteiger partial charge >= 0.3 is 0 Å². The highest BCUT2D eigenvalue weighted by atomic mass is 32.2. The zero-order chi connectivity index (χ0) is 18.1. The number of nitrogens with one attached hydrogen (secondary N) is 1. The van der Waals surface area contributed by atoms with Crippen LogP contribution in [0.25, 0.3) is 11.6 Å². The molecule has 26 heavy (non-hydrogen) atoms. The van der Waals surface area contributed by atoms with Crippen molar-refractivity contribution in [1.82, 2.24) is 0 Å². The topological polar surface area (TPSA) is 49.2 Å². The summed E-state index contributed by atoms with van der Waals surface area (Å²) in [5.41, 5.74) is 6.67. The Morgan fingerprint density at radius 3 is 2.81 bits per heavy atom. The van der Waals surface area contributed by atoms with Gasteiger partial charge in [-0.25, -0.2) is 13.0 Å². The summed E-state index contributed by atoms with van der Waals surface area (Å²) in [6, 6.07) is 16.0. The number of benzene rings is 2. The molecule has 2 heterocycles. The van der Waals surface area contributed by atoms with E-state index in [1.54, 1.807) is 6.07 Å². The lowest BCUT2D eigenvalue weighted by Gasteiger charge is -2.09. The highest BCUT2D eigenvalue weighted by molar-refractivity contribution is 7.92. The third kappa shape index (κ3) is 3.48. The minimum Gasteiger partial charge on any atom is -0.284 e. The maximum atomic E-state index is 11.5. The van der Waals surface area contributed by atoms with E-state index in [4.69, 9.17) is 0 Å². The first-order chi connectivity index (χ1) is 12.5. The molecule has 0 spiro atoms. The molecular formula is C21H21N2O2S+. The molecule has 0 unspecified atom stereocenters. The summed E-state index contributed by atoms with van der Waals surface area (Å²) in [5, 5.41) is 0. The Balaban J connectivity index is 1.82. The zero-order valence-electron chi connectivity index (χ0n) is 14.6. The van der Waals surface area contributed by atoms with Crippen LogP contribution < -0.4 is 4.72 Å². The third-order valence-corrected chi connectivity index (χ3v) is 5.29. The number of fused-ring (bicyclic) bond motifs is 1. The maximum Gasteiger partial charge on any atom is 0.229 e. The van der Waals surface area contributed by atoms with Crippen molar-refractivity contribution in [3.05, 3.63) is 77.5 Å². The van der Waals surface area contributed by atoms with Crippen LogP contribution >= 0.6 is 0 Å². The number of nitrogens with zero attached hydrogens (tertiary/aromatic N) is 1. The van der Waals surface area contributed by atoms with E-state index in [2.05, 4.69) is 51.9 Å². The van der Waals surface area contributed by atoms with Gasteiger partial charge in [-0.05, 0) is 41.0 Å². The van der Waals surface area contributed by atoms with Gasteiger partial charge in [-0.2, -0.15) is 0 Å². The summed E-state index contributed by atoms with van der Waals surface area (Å²) in [4.78, 5) is 0. The van der Waals surface area contributed by atoms with E-state index < -0.39 is 10.0 Å². The van der Waals surface area contributed by atoms with Gasteiger partial charge in [-0.1, -0.05) is 36.4 Å². The molecule has 4 rings (SSSR count). The molecule has 2 aromatic rings. The fourth-order valence-corrected chi connectivity index (χ4v) is 4.16. The fraction of sp³-hybridized carbons (Fsp3) is 0.190. The van der Waals surface area contributed by atoms with Crippen molar-refractivity contribution in [2.45, 2.75) is 12.8 Å². The standard InChI is InChI=1S/C21H21N2O2S/c1-26(24,25)22-18-8-4-6-16(14-18)15-20-19-9-3-2-7-17(19)11-13-23-12-5-10-21(20)23/h2-9,12,14-15,22H,10-11,13H2,1H3/q+1/b20-15-. The van der Waals surface area contributed by atoms with Gasteiger partial charge in [0.25, 0.3) is 0 Å². The first kappa shape index (κ1) is 16.8. The van der Waals surface area contributed by atoms with Gasteiger partial charge in [0.1, 0.15) is 0 Å². The average molecular weight is 365 g/mol. The van der Waals surface area contributed by atoms with Gasteiger partial charge in [0.15, 0.2) is 18.5 Å². The van der Waals surface area contributed by atoms with E-state index in [0.29, 0.717) is 5.69 Å². The van der Waals surface area contributed by atoms with Crippen LogP contribution in [-0.2, 0) is 16.4 Å². The van der Waals surface area contributed by atoms with E-state index in [-0.39, 0.29) is 0 Å². The highest BCUT2D eigenvalue weighted by Crippen LogP contribution is 2.30. The van der Waals surface area contributed by atoms with Crippen molar-refractivity contribution in [2.75, 3.05) is 17.5 Å². The van der Waals surface area contributed by atoms with Crippen molar-refractivity contribution in [3.63, 3.8) is 0 Å². The van der Waals surface area contributed by atoms with Crippen LogP contribution in [-0.4, -0.2) is 31.5 Å². The predicted octanol–water partition coefficient (Wildman–Crippen LogP) is 3.53. The number of anilines is 1. The van der Waals surface area contributed by atoms with Gasteiger partial charge in [0.2, 0.25) is 10.0 Å². The first-order valence-electron chi connectivity index (χ1n) is 8.67. The number of hydrogen-bond donors (Lipinski definition) is 1. The number of sulfonamides is 1. The van der Waals surface area contributed by atoms with Crippen LogP contribution in [0.4, 0.5) is 5.69 Å². The summed E-state index contributed by atoms with van der Waals surface area (Å²) in [6.07, 6.45) is 9.61. The summed E-state index contributed by atoms with van der Waals surface area (Å²) < 4.78 is 27.9. The molecule has 0 bridgehead atoms. The summed E-state index contributed by atoms with van der Waals surface area (Å²) in [6.45, 7) is 0.982. The van der Waals surface area contributed by atoms with E-state index in [9.17, 15) is 8.42 Å². The van der Waals surface area contributed by atoms with Gasteiger partial charge in [-0.15, -0.1) is 0 Å². The molecule has 2 aliphatic heterocycles. The molecule has 0 atom stereocenters. The van der Waals surface area contributed by atoms with Crippen molar-refractivity contribution in [2.24, 2.45) is 0 Å². The first-order valence-corrected chi connectivity index (χ1v) is 10.6. The van der Waals surface area contributed by atoms with Gasteiger partial charge in [0, 0.05) is 17.7 Å². The van der Waals surface area contributed by atoms with Crippen LogP contribution in [0.3, 0.4) is 0 Å². The molecule has 0 amide bonds. The van der Waals surface area contributed by atoms with Crippen molar-refractivity contribution in [1.29, 1.82) is 0 Å². The Morgan fingerprint density at radius 1 is 1.12 bits per heavy atom. The fourth-order valence-electron chi connectivity index (χ4n) is 3.60. The van der Waals surface area contributed by atoms with Crippen LogP contribution in [0.15, 0.2) is 60.8 Å². The van der Waals surface area contributed by atoms with Gasteiger partial charge in [0.05, 0.1) is 12.7 Å². The second-order valence-electron chi connectivity index (χ2n) is 6.69. The van der Waals surface area contributed by atoms with E-state index >= 15 is 0 Å². The molecule has 0 saturated carbocycles.